The number of allylic oxidation sites excluding steroid dienone is 1. The standard InChI is InChI=1S/C8H18O2S.C3H6/c1-3-5-7-11(9,10)8-6-4-2;1-3-2/h3-8H2,1-2H3;3H,1H2,2H3. The molecule has 0 saturated heterocycles. The van der Waals surface area contributed by atoms with Crippen LogP contribution in [0.1, 0.15) is 46.5 Å². The molecule has 0 aliphatic carbocycles. The lowest BCUT2D eigenvalue weighted by atomic mass is 10.4. The van der Waals surface area contributed by atoms with E-state index in [9.17, 15) is 8.42 Å². The molecule has 0 aromatic heterocycles. The molecule has 0 aliphatic rings. The molecule has 0 aromatic carbocycles. The van der Waals surface area contributed by atoms with Crippen molar-refractivity contribution in [1.29, 1.82) is 0 Å². The maximum absolute atomic E-state index is 11.1. The molecular formula is C11H24O2S. The summed E-state index contributed by atoms with van der Waals surface area (Å²) in [6, 6.07) is 0. The highest BCUT2D eigenvalue weighted by Crippen LogP contribution is 2.00. The molecule has 0 fully saturated rings. The smallest absolute Gasteiger partial charge is 0.150 e. The number of rotatable bonds is 6. The van der Waals surface area contributed by atoms with Gasteiger partial charge in [-0.1, -0.05) is 32.8 Å². The number of hydrogen-bond donors (Lipinski definition) is 0. The van der Waals surface area contributed by atoms with Crippen LogP contribution in [0.5, 0.6) is 0 Å². The van der Waals surface area contributed by atoms with Gasteiger partial charge in [0.1, 0.15) is 9.84 Å². The summed E-state index contributed by atoms with van der Waals surface area (Å²) in [7, 11) is -2.71. The van der Waals surface area contributed by atoms with Crippen molar-refractivity contribution in [2.45, 2.75) is 46.5 Å². The van der Waals surface area contributed by atoms with Crippen LogP contribution in [0.25, 0.3) is 0 Å². The van der Waals surface area contributed by atoms with Gasteiger partial charge in [0, 0.05) is 0 Å². The van der Waals surface area contributed by atoms with E-state index in [0.717, 1.165) is 25.7 Å². The Bertz CT molecular complexity index is 191. The van der Waals surface area contributed by atoms with Crippen LogP contribution in [0.3, 0.4) is 0 Å². The first kappa shape index (κ1) is 16.1. The van der Waals surface area contributed by atoms with Gasteiger partial charge in [0.15, 0.2) is 0 Å². The van der Waals surface area contributed by atoms with Crippen LogP contribution in [0.4, 0.5) is 0 Å². The van der Waals surface area contributed by atoms with E-state index in [4.69, 9.17) is 0 Å². The third-order valence-corrected chi connectivity index (χ3v) is 3.44. The van der Waals surface area contributed by atoms with Crippen LogP contribution in [0, 0.1) is 0 Å². The maximum Gasteiger partial charge on any atom is 0.150 e. The summed E-state index contributed by atoms with van der Waals surface area (Å²) in [6.45, 7) is 9.27. The summed E-state index contributed by atoms with van der Waals surface area (Å²) >= 11 is 0. The monoisotopic (exact) mass is 220 g/mol. The summed E-state index contributed by atoms with van der Waals surface area (Å²) in [4.78, 5) is 0. The first-order chi connectivity index (χ1) is 6.54. The normalized spacial score (nSPS) is 10.2. The Morgan fingerprint density at radius 2 is 1.36 bits per heavy atom. The topological polar surface area (TPSA) is 34.1 Å². The molecule has 0 atom stereocenters. The second-order valence-electron chi connectivity index (χ2n) is 3.27. The average Bonchev–Trinajstić information content (AvgIpc) is 2.13. The molecule has 0 aromatic rings. The van der Waals surface area contributed by atoms with Gasteiger partial charge in [0.05, 0.1) is 11.5 Å². The zero-order valence-corrected chi connectivity index (χ0v) is 10.6. The van der Waals surface area contributed by atoms with Gasteiger partial charge in [0.2, 0.25) is 0 Å². The zero-order valence-electron chi connectivity index (χ0n) is 9.75. The van der Waals surface area contributed by atoms with Crippen LogP contribution < -0.4 is 0 Å². The van der Waals surface area contributed by atoms with Gasteiger partial charge in [-0.15, -0.1) is 6.58 Å². The summed E-state index contributed by atoms with van der Waals surface area (Å²) < 4.78 is 22.3. The highest BCUT2D eigenvalue weighted by molar-refractivity contribution is 7.91. The Hall–Kier alpha value is -0.310. The van der Waals surface area contributed by atoms with E-state index in [1.807, 2.05) is 20.8 Å². The molecule has 0 rings (SSSR count). The SMILES string of the molecule is C=CC.CCCCS(=O)(=O)CCCC. The first-order valence-corrected chi connectivity index (χ1v) is 7.13. The van der Waals surface area contributed by atoms with Crippen LogP contribution in [-0.2, 0) is 9.84 Å². The molecule has 0 spiro atoms. The Kier molecular flexibility index (Phi) is 12.4. The van der Waals surface area contributed by atoms with Crippen molar-refractivity contribution in [2.75, 3.05) is 11.5 Å². The minimum Gasteiger partial charge on any atom is -0.229 e. The minimum atomic E-state index is -2.71. The van der Waals surface area contributed by atoms with Gasteiger partial charge in [-0.25, -0.2) is 8.42 Å². The van der Waals surface area contributed by atoms with Gasteiger partial charge in [-0.3, -0.25) is 0 Å². The van der Waals surface area contributed by atoms with Crippen LogP contribution in [-0.4, -0.2) is 19.9 Å². The Labute approximate surface area is 89.3 Å². The van der Waals surface area contributed by atoms with Crippen molar-refractivity contribution in [3.05, 3.63) is 12.7 Å². The van der Waals surface area contributed by atoms with E-state index in [1.165, 1.54) is 0 Å². The van der Waals surface area contributed by atoms with Crippen molar-refractivity contribution in [1.82, 2.24) is 0 Å². The molecule has 2 nitrogen and oxygen atoms in total. The molecular weight excluding hydrogens is 196 g/mol. The molecule has 0 N–H and O–H groups in total. The predicted molar refractivity (Wildman–Crippen MR) is 64.3 cm³/mol. The maximum atomic E-state index is 11.1. The van der Waals surface area contributed by atoms with Gasteiger partial charge < -0.3 is 0 Å². The number of unbranched alkanes of at least 4 members (excludes halogenated alkanes) is 2. The average molecular weight is 220 g/mol. The Morgan fingerprint density at radius 3 is 1.57 bits per heavy atom. The van der Waals surface area contributed by atoms with E-state index in [-0.39, 0.29) is 0 Å². The predicted octanol–water partition coefficient (Wildman–Crippen LogP) is 3.19. The van der Waals surface area contributed by atoms with Crippen molar-refractivity contribution in [3.8, 4) is 0 Å². The minimum absolute atomic E-state index is 0.378. The van der Waals surface area contributed by atoms with Crippen molar-refractivity contribution in [2.24, 2.45) is 0 Å². The van der Waals surface area contributed by atoms with E-state index in [1.54, 1.807) is 6.08 Å². The Balaban J connectivity index is 0. The molecule has 0 unspecified atom stereocenters. The lowest BCUT2D eigenvalue weighted by Gasteiger charge is -2.00. The van der Waals surface area contributed by atoms with Gasteiger partial charge in [0.25, 0.3) is 0 Å². The second-order valence-corrected chi connectivity index (χ2v) is 5.57. The number of hydrogen-bond acceptors (Lipinski definition) is 2. The lowest BCUT2D eigenvalue weighted by molar-refractivity contribution is 0.589. The fourth-order valence-electron chi connectivity index (χ4n) is 0.831. The lowest BCUT2D eigenvalue weighted by Crippen LogP contribution is -2.10. The van der Waals surface area contributed by atoms with Gasteiger partial charge >= 0.3 is 0 Å². The largest absolute Gasteiger partial charge is 0.229 e. The third kappa shape index (κ3) is 14.2. The van der Waals surface area contributed by atoms with Crippen molar-refractivity contribution < 1.29 is 8.42 Å². The highest BCUT2D eigenvalue weighted by Gasteiger charge is 2.07. The Morgan fingerprint density at radius 1 is 1.07 bits per heavy atom. The second kappa shape index (κ2) is 10.8. The van der Waals surface area contributed by atoms with Crippen LogP contribution >= 0.6 is 0 Å². The third-order valence-electron chi connectivity index (χ3n) is 1.62. The van der Waals surface area contributed by atoms with Crippen LogP contribution in [0.2, 0.25) is 0 Å². The van der Waals surface area contributed by atoms with E-state index >= 15 is 0 Å². The van der Waals surface area contributed by atoms with Crippen LogP contribution in [0.15, 0.2) is 12.7 Å². The molecule has 0 aliphatic heterocycles. The quantitative estimate of drug-likeness (QED) is 0.644. The van der Waals surface area contributed by atoms with Gasteiger partial charge in [-0.05, 0) is 19.8 Å². The fourth-order valence-corrected chi connectivity index (χ4v) is 2.49. The molecule has 86 valence electrons. The first-order valence-electron chi connectivity index (χ1n) is 5.31. The highest BCUT2D eigenvalue weighted by atomic mass is 32.2. The van der Waals surface area contributed by atoms with E-state index in [2.05, 4.69) is 6.58 Å². The van der Waals surface area contributed by atoms with E-state index in [0.29, 0.717) is 11.5 Å². The molecule has 3 heteroatoms. The molecule has 0 saturated carbocycles. The fraction of sp³-hybridized carbons (Fsp3) is 0.818. The van der Waals surface area contributed by atoms with Gasteiger partial charge in [-0.2, -0.15) is 0 Å². The molecule has 0 amide bonds. The molecule has 14 heavy (non-hydrogen) atoms. The molecule has 0 radical (unpaired) electrons. The van der Waals surface area contributed by atoms with E-state index < -0.39 is 9.84 Å². The summed E-state index contributed by atoms with van der Waals surface area (Å²) in [5, 5.41) is 0. The summed E-state index contributed by atoms with van der Waals surface area (Å²) in [6.07, 6.45) is 5.30. The zero-order chi connectivity index (χ0) is 11.4. The van der Waals surface area contributed by atoms with Crippen molar-refractivity contribution >= 4 is 9.84 Å². The number of sulfone groups is 1. The summed E-state index contributed by atoms with van der Waals surface area (Å²) in [5.74, 6) is 0.757. The molecule has 0 bridgehead atoms. The molecule has 0 heterocycles. The summed E-state index contributed by atoms with van der Waals surface area (Å²) in [5.41, 5.74) is 0. The van der Waals surface area contributed by atoms with Crippen molar-refractivity contribution in [3.63, 3.8) is 0 Å².